The molecule has 1 N–H and O–H groups in total. The SMILES string of the molecule is CCCCN1CCCC1c1c[nH]c2ccccc12. The van der Waals surface area contributed by atoms with Crippen LogP contribution in [-0.4, -0.2) is 23.0 Å². The topological polar surface area (TPSA) is 19.0 Å². The predicted octanol–water partition coefficient (Wildman–Crippen LogP) is 4.10. The Bertz CT molecular complexity index is 515. The van der Waals surface area contributed by atoms with Gasteiger partial charge in [0.15, 0.2) is 0 Å². The number of unbranched alkanes of at least 4 members (excludes halogenated alkanes) is 1. The summed E-state index contributed by atoms with van der Waals surface area (Å²) in [6.07, 6.45) is 7.48. The maximum Gasteiger partial charge on any atom is 0.0457 e. The van der Waals surface area contributed by atoms with Crippen molar-refractivity contribution in [2.24, 2.45) is 0 Å². The summed E-state index contributed by atoms with van der Waals surface area (Å²) in [4.78, 5) is 6.08. The Balaban J connectivity index is 1.88. The van der Waals surface area contributed by atoms with Gasteiger partial charge in [-0.3, -0.25) is 4.90 Å². The fourth-order valence-corrected chi connectivity index (χ4v) is 3.18. The van der Waals surface area contributed by atoms with Crippen LogP contribution in [0.3, 0.4) is 0 Å². The van der Waals surface area contributed by atoms with Crippen molar-refractivity contribution in [3.05, 3.63) is 36.0 Å². The summed E-state index contributed by atoms with van der Waals surface area (Å²) in [5.74, 6) is 0. The van der Waals surface area contributed by atoms with Crippen LogP contribution >= 0.6 is 0 Å². The molecule has 1 fully saturated rings. The standard InChI is InChI=1S/C16H22N2/c1-2-3-10-18-11-6-9-16(18)14-12-17-15-8-5-4-7-13(14)15/h4-5,7-8,12,16-17H,2-3,6,9-11H2,1H3. The average Bonchev–Trinajstić information content (AvgIpc) is 3.02. The van der Waals surface area contributed by atoms with Crippen LogP contribution in [0.25, 0.3) is 10.9 Å². The summed E-state index contributed by atoms with van der Waals surface area (Å²) < 4.78 is 0. The summed E-state index contributed by atoms with van der Waals surface area (Å²) in [6.45, 7) is 4.79. The van der Waals surface area contributed by atoms with Gasteiger partial charge in [-0.15, -0.1) is 0 Å². The van der Waals surface area contributed by atoms with Crippen molar-refractivity contribution < 1.29 is 0 Å². The zero-order valence-electron chi connectivity index (χ0n) is 11.2. The normalized spacial score (nSPS) is 20.8. The quantitative estimate of drug-likeness (QED) is 0.855. The van der Waals surface area contributed by atoms with Crippen molar-refractivity contribution in [2.45, 2.75) is 38.6 Å². The fraction of sp³-hybridized carbons (Fsp3) is 0.500. The van der Waals surface area contributed by atoms with Gasteiger partial charge in [0.25, 0.3) is 0 Å². The van der Waals surface area contributed by atoms with E-state index in [0.717, 1.165) is 0 Å². The molecule has 0 radical (unpaired) electrons. The van der Waals surface area contributed by atoms with Gasteiger partial charge in [0.1, 0.15) is 0 Å². The molecule has 18 heavy (non-hydrogen) atoms. The molecule has 1 aliphatic rings. The minimum absolute atomic E-state index is 0.632. The second-order valence-corrected chi connectivity index (χ2v) is 5.34. The molecule has 0 spiro atoms. The van der Waals surface area contributed by atoms with E-state index in [-0.39, 0.29) is 0 Å². The van der Waals surface area contributed by atoms with E-state index in [0.29, 0.717) is 6.04 Å². The van der Waals surface area contributed by atoms with Crippen LogP contribution in [0.15, 0.2) is 30.5 Å². The van der Waals surface area contributed by atoms with E-state index in [1.54, 1.807) is 0 Å². The first-order chi connectivity index (χ1) is 8.90. The molecule has 2 aromatic rings. The molecule has 2 heteroatoms. The molecule has 0 saturated carbocycles. The molecular formula is C16H22N2. The number of nitrogens with zero attached hydrogens (tertiary/aromatic N) is 1. The number of aromatic nitrogens is 1. The maximum absolute atomic E-state index is 3.42. The molecule has 1 unspecified atom stereocenters. The van der Waals surface area contributed by atoms with E-state index < -0.39 is 0 Å². The summed E-state index contributed by atoms with van der Waals surface area (Å²) in [7, 11) is 0. The van der Waals surface area contributed by atoms with Gasteiger partial charge in [-0.05, 0) is 44.0 Å². The molecule has 1 saturated heterocycles. The van der Waals surface area contributed by atoms with Crippen LogP contribution in [-0.2, 0) is 0 Å². The first-order valence-electron chi connectivity index (χ1n) is 7.20. The summed E-state index contributed by atoms with van der Waals surface area (Å²) in [5, 5.41) is 1.41. The molecule has 2 nitrogen and oxygen atoms in total. The number of likely N-dealkylation sites (tertiary alicyclic amines) is 1. The van der Waals surface area contributed by atoms with Gasteiger partial charge in [-0.25, -0.2) is 0 Å². The highest BCUT2D eigenvalue weighted by Crippen LogP contribution is 2.35. The van der Waals surface area contributed by atoms with E-state index in [4.69, 9.17) is 0 Å². The first kappa shape index (κ1) is 11.8. The van der Waals surface area contributed by atoms with Crippen molar-refractivity contribution in [1.29, 1.82) is 0 Å². The molecule has 1 aliphatic heterocycles. The smallest absolute Gasteiger partial charge is 0.0457 e. The molecule has 1 atom stereocenters. The monoisotopic (exact) mass is 242 g/mol. The van der Waals surface area contributed by atoms with E-state index >= 15 is 0 Å². The van der Waals surface area contributed by atoms with Crippen molar-refractivity contribution in [1.82, 2.24) is 9.88 Å². The first-order valence-corrected chi connectivity index (χ1v) is 7.20. The highest BCUT2D eigenvalue weighted by atomic mass is 15.2. The molecule has 96 valence electrons. The molecule has 0 bridgehead atoms. The van der Waals surface area contributed by atoms with Gasteiger partial charge in [0.05, 0.1) is 0 Å². The minimum atomic E-state index is 0.632. The number of benzene rings is 1. The second kappa shape index (κ2) is 5.15. The highest BCUT2D eigenvalue weighted by Gasteiger charge is 2.27. The molecule has 2 heterocycles. The zero-order valence-corrected chi connectivity index (χ0v) is 11.2. The number of nitrogens with one attached hydrogen (secondary N) is 1. The summed E-state index contributed by atoms with van der Waals surface area (Å²) >= 11 is 0. The highest BCUT2D eigenvalue weighted by molar-refractivity contribution is 5.83. The fourth-order valence-electron chi connectivity index (χ4n) is 3.18. The van der Waals surface area contributed by atoms with E-state index in [2.05, 4.69) is 47.3 Å². The van der Waals surface area contributed by atoms with E-state index in [1.165, 1.54) is 55.2 Å². The third-order valence-electron chi connectivity index (χ3n) is 4.14. The number of aromatic amines is 1. The lowest BCUT2D eigenvalue weighted by atomic mass is 10.0. The Morgan fingerprint density at radius 2 is 2.22 bits per heavy atom. The van der Waals surface area contributed by atoms with Crippen LogP contribution in [0.1, 0.15) is 44.2 Å². The van der Waals surface area contributed by atoms with E-state index in [9.17, 15) is 0 Å². The van der Waals surface area contributed by atoms with Gasteiger partial charge in [0.2, 0.25) is 0 Å². The van der Waals surface area contributed by atoms with Crippen LogP contribution in [0.5, 0.6) is 0 Å². The second-order valence-electron chi connectivity index (χ2n) is 5.34. The lowest BCUT2D eigenvalue weighted by Crippen LogP contribution is -2.24. The Morgan fingerprint density at radius 3 is 3.11 bits per heavy atom. The molecule has 0 aliphatic carbocycles. The van der Waals surface area contributed by atoms with Crippen LogP contribution in [0.4, 0.5) is 0 Å². The average molecular weight is 242 g/mol. The largest absolute Gasteiger partial charge is 0.361 e. The molecule has 0 amide bonds. The van der Waals surface area contributed by atoms with Crippen LogP contribution in [0.2, 0.25) is 0 Å². The van der Waals surface area contributed by atoms with Crippen LogP contribution < -0.4 is 0 Å². The van der Waals surface area contributed by atoms with Crippen molar-refractivity contribution in [2.75, 3.05) is 13.1 Å². The van der Waals surface area contributed by atoms with Gasteiger partial charge < -0.3 is 4.98 Å². The van der Waals surface area contributed by atoms with Crippen molar-refractivity contribution in [3.63, 3.8) is 0 Å². The third-order valence-corrected chi connectivity index (χ3v) is 4.14. The Morgan fingerprint density at radius 1 is 1.33 bits per heavy atom. The number of H-pyrrole nitrogens is 1. The molecule has 3 rings (SSSR count). The number of fused-ring (bicyclic) bond motifs is 1. The van der Waals surface area contributed by atoms with Gasteiger partial charge >= 0.3 is 0 Å². The predicted molar refractivity (Wildman–Crippen MR) is 76.8 cm³/mol. The van der Waals surface area contributed by atoms with E-state index in [1.807, 2.05) is 0 Å². The Hall–Kier alpha value is -1.28. The van der Waals surface area contributed by atoms with Crippen molar-refractivity contribution in [3.8, 4) is 0 Å². The number of para-hydroxylation sites is 1. The van der Waals surface area contributed by atoms with Crippen molar-refractivity contribution >= 4 is 10.9 Å². The summed E-state index contributed by atoms with van der Waals surface area (Å²) in [5.41, 5.74) is 2.77. The lowest BCUT2D eigenvalue weighted by molar-refractivity contribution is 0.254. The molecule has 1 aromatic heterocycles. The lowest BCUT2D eigenvalue weighted by Gasteiger charge is -2.24. The zero-order chi connectivity index (χ0) is 12.4. The maximum atomic E-state index is 3.42. The van der Waals surface area contributed by atoms with Crippen LogP contribution in [0, 0.1) is 0 Å². The molecular weight excluding hydrogens is 220 g/mol. The third kappa shape index (κ3) is 2.05. The number of hydrogen-bond donors (Lipinski definition) is 1. The Kier molecular flexibility index (Phi) is 3.37. The van der Waals surface area contributed by atoms with Gasteiger partial charge in [-0.2, -0.15) is 0 Å². The summed E-state index contributed by atoms with van der Waals surface area (Å²) in [6, 6.07) is 9.30. The number of rotatable bonds is 4. The molecule has 1 aromatic carbocycles. The Labute approximate surface area is 109 Å². The minimum Gasteiger partial charge on any atom is -0.361 e. The van der Waals surface area contributed by atoms with Gasteiger partial charge in [0, 0.05) is 23.1 Å². The van der Waals surface area contributed by atoms with Gasteiger partial charge in [-0.1, -0.05) is 31.5 Å². The number of hydrogen-bond acceptors (Lipinski definition) is 1.